The van der Waals surface area contributed by atoms with Gasteiger partial charge in [0.2, 0.25) is 5.91 Å². The fourth-order valence-corrected chi connectivity index (χ4v) is 1.77. The molecule has 0 bridgehead atoms. The molecular formula is C15H23ClN2O. The molecule has 0 heterocycles. The first kappa shape index (κ1) is 17.7. The third-order valence-electron chi connectivity index (χ3n) is 2.95. The summed E-state index contributed by atoms with van der Waals surface area (Å²) >= 11 is 0. The number of amides is 1. The van der Waals surface area contributed by atoms with Crippen LogP contribution in [0.4, 0.5) is 0 Å². The molecule has 0 aliphatic heterocycles. The zero-order valence-corrected chi connectivity index (χ0v) is 12.2. The van der Waals surface area contributed by atoms with Crippen molar-refractivity contribution < 1.29 is 4.79 Å². The van der Waals surface area contributed by atoms with Gasteiger partial charge in [0, 0.05) is 25.6 Å². The maximum atomic E-state index is 12.1. The highest BCUT2D eigenvalue weighted by molar-refractivity contribution is 5.85. The van der Waals surface area contributed by atoms with Gasteiger partial charge in [-0.15, -0.1) is 19.0 Å². The molecule has 0 saturated heterocycles. The van der Waals surface area contributed by atoms with Gasteiger partial charge in [0.25, 0.3) is 0 Å². The second-order valence-corrected chi connectivity index (χ2v) is 4.45. The first-order chi connectivity index (χ1) is 8.69. The molecule has 1 atom stereocenters. The van der Waals surface area contributed by atoms with Crippen LogP contribution in [0.15, 0.2) is 43.0 Å². The molecule has 1 unspecified atom stereocenters. The highest BCUT2D eigenvalue weighted by atomic mass is 35.5. The summed E-state index contributed by atoms with van der Waals surface area (Å²) < 4.78 is 0. The van der Waals surface area contributed by atoms with Crippen LogP contribution in [0.25, 0.3) is 0 Å². The SMILES string of the molecule is C=CCN(CCc1ccccc1)C(=O)C(C)CN.Cl. The van der Waals surface area contributed by atoms with Crippen molar-refractivity contribution in [2.75, 3.05) is 19.6 Å². The molecule has 1 aromatic rings. The topological polar surface area (TPSA) is 46.3 Å². The summed E-state index contributed by atoms with van der Waals surface area (Å²) in [6, 6.07) is 10.2. The van der Waals surface area contributed by atoms with Gasteiger partial charge < -0.3 is 10.6 Å². The number of carbonyl (C=O) groups is 1. The van der Waals surface area contributed by atoms with Gasteiger partial charge in [0.05, 0.1) is 0 Å². The monoisotopic (exact) mass is 282 g/mol. The van der Waals surface area contributed by atoms with Crippen molar-refractivity contribution in [3.63, 3.8) is 0 Å². The summed E-state index contributed by atoms with van der Waals surface area (Å²) in [5, 5.41) is 0. The number of halogens is 1. The van der Waals surface area contributed by atoms with E-state index in [0.717, 1.165) is 6.42 Å². The fourth-order valence-electron chi connectivity index (χ4n) is 1.77. The third-order valence-corrected chi connectivity index (χ3v) is 2.95. The number of nitrogens with zero attached hydrogens (tertiary/aromatic N) is 1. The second-order valence-electron chi connectivity index (χ2n) is 4.45. The van der Waals surface area contributed by atoms with Crippen LogP contribution in [0.1, 0.15) is 12.5 Å². The van der Waals surface area contributed by atoms with E-state index in [4.69, 9.17) is 5.73 Å². The van der Waals surface area contributed by atoms with E-state index < -0.39 is 0 Å². The Bertz CT molecular complexity index is 381. The van der Waals surface area contributed by atoms with Crippen LogP contribution in [0, 0.1) is 5.92 Å². The van der Waals surface area contributed by atoms with Crippen LogP contribution in [-0.2, 0) is 11.2 Å². The minimum absolute atomic E-state index is 0. The lowest BCUT2D eigenvalue weighted by molar-refractivity contribution is -0.134. The molecule has 0 fully saturated rings. The summed E-state index contributed by atoms with van der Waals surface area (Å²) in [4.78, 5) is 13.9. The van der Waals surface area contributed by atoms with E-state index >= 15 is 0 Å². The number of hydrogen-bond donors (Lipinski definition) is 1. The molecule has 19 heavy (non-hydrogen) atoms. The molecule has 0 radical (unpaired) electrons. The highest BCUT2D eigenvalue weighted by Gasteiger charge is 2.17. The van der Waals surface area contributed by atoms with Crippen molar-refractivity contribution in [3.8, 4) is 0 Å². The molecule has 0 aliphatic rings. The lowest BCUT2D eigenvalue weighted by Crippen LogP contribution is -2.39. The molecule has 0 spiro atoms. The van der Waals surface area contributed by atoms with Crippen molar-refractivity contribution in [1.29, 1.82) is 0 Å². The smallest absolute Gasteiger partial charge is 0.226 e. The minimum Gasteiger partial charge on any atom is -0.338 e. The molecule has 3 nitrogen and oxygen atoms in total. The fraction of sp³-hybridized carbons (Fsp3) is 0.400. The van der Waals surface area contributed by atoms with Gasteiger partial charge in [-0.25, -0.2) is 0 Å². The lowest BCUT2D eigenvalue weighted by Gasteiger charge is -2.24. The maximum Gasteiger partial charge on any atom is 0.226 e. The van der Waals surface area contributed by atoms with Crippen LogP contribution in [0.5, 0.6) is 0 Å². The zero-order valence-electron chi connectivity index (χ0n) is 11.4. The number of hydrogen-bond acceptors (Lipinski definition) is 2. The maximum absolute atomic E-state index is 12.1. The summed E-state index contributed by atoms with van der Waals surface area (Å²) in [6.07, 6.45) is 2.61. The predicted octanol–water partition coefficient (Wildman–Crippen LogP) is 2.26. The van der Waals surface area contributed by atoms with Gasteiger partial charge >= 0.3 is 0 Å². The van der Waals surface area contributed by atoms with Gasteiger partial charge in [0.15, 0.2) is 0 Å². The van der Waals surface area contributed by atoms with Crippen molar-refractivity contribution >= 4 is 18.3 Å². The number of benzene rings is 1. The molecular weight excluding hydrogens is 260 g/mol. The molecule has 106 valence electrons. The van der Waals surface area contributed by atoms with E-state index in [9.17, 15) is 4.79 Å². The van der Waals surface area contributed by atoms with E-state index in [1.807, 2.05) is 30.0 Å². The van der Waals surface area contributed by atoms with Crippen LogP contribution in [0.3, 0.4) is 0 Å². The van der Waals surface area contributed by atoms with Gasteiger partial charge in [-0.05, 0) is 12.0 Å². The number of carbonyl (C=O) groups excluding carboxylic acids is 1. The Morgan fingerprint density at radius 2 is 2.05 bits per heavy atom. The quantitative estimate of drug-likeness (QED) is 0.780. The first-order valence-electron chi connectivity index (χ1n) is 6.32. The molecule has 0 aromatic heterocycles. The van der Waals surface area contributed by atoms with E-state index in [-0.39, 0.29) is 24.2 Å². The summed E-state index contributed by atoms with van der Waals surface area (Å²) in [5.41, 5.74) is 6.78. The van der Waals surface area contributed by atoms with Crippen molar-refractivity contribution in [3.05, 3.63) is 48.6 Å². The third kappa shape index (κ3) is 5.90. The Morgan fingerprint density at radius 3 is 2.58 bits per heavy atom. The van der Waals surface area contributed by atoms with Gasteiger partial charge in [0.1, 0.15) is 0 Å². The van der Waals surface area contributed by atoms with Crippen molar-refractivity contribution in [2.45, 2.75) is 13.3 Å². The molecule has 1 rings (SSSR count). The lowest BCUT2D eigenvalue weighted by atomic mass is 10.1. The van der Waals surface area contributed by atoms with Crippen LogP contribution < -0.4 is 5.73 Å². The zero-order chi connectivity index (χ0) is 13.4. The van der Waals surface area contributed by atoms with Crippen LogP contribution in [0.2, 0.25) is 0 Å². The number of nitrogens with two attached hydrogens (primary N) is 1. The van der Waals surface area contributed by atoms with E-state index in [1.54, 1.807) is 6.08 Å². The molecule has 2 N–H and O–H groups in total. The van der Waals surface area contributed by atoms with Crippen LogP contribution in [-0.4, -0.2) is 30.4 Å². The Morgan fingerprint density at radius 1 is 1.42 bits per heavy atom. The van der Waals surface area contributed by atoms with Crippen LogP contribution >= 0.6 is 12.4 Å². The van der Waals surface area contributed by atoms with E-state index in [0.29, 0.717) is 19.6 Å². The van der Waals surface area contributed by atoms with Gasteiger partial charge in [-0.2, -0.15) is 0 Å². The largest absolute Gasteiger partial charge is 0.338 e. The summed E-state index contributed by atoms with van der Waals surface area (Å²) in [5.74, 6) is -0.0194. The van der Waals surface area contributed by atoms with E-state index in [2.05, 4.69) is 18.7 Å². The normalized spacial score (nSPS) is 11.3. The second kappa shape index (κ2) is 9.59. The first-order valence-corrected chi connectivity index (χ1v) is 6.32. The summed E-state index contributed by atoms with van der Waals surface area (Å²) in [7, 11) is 0. The Hall–Kier alpha value is -1.32. The Labute approximate surface area is 121 Å². The van der Waals surface area contributed by atoms with Gasteiger partial charge in [-0.1, -0.05) is 43.3 Å². The highest BCUT2D eigenvalue weighted by Crippen LogP contribution is 2.05. The molecule has 1 amide bonds. The van der Waals surface area contributed by atoms with Crippen molar-refractivity contribution in [1.82, 2.24) is 4.90 Å². The Balaban J connectivity index is 0.00000324. The molecule has 0 aliphatic carbocycles. The minimum atomic E-state index is -0.124. The van der Waals surface area contributed by atoms with E-state index in [1.165, 1.54) is 5.56 Å². The van der Waals surface area contributed by atoms with Crippen molar-refractivity contribution in [2.24, 2.45) is 11.7 Å². The average molecular weight is 283 g/mol. The standard InChI is InChI=1S/C15H22N2O.ClH/c1-3-10-17(15(18)13(2)12-16)11-9-14-7-5-4-6-8-14;/h3-8,13H,1,9-12,16H2,2H3;1H. The number of rotatable bonds is 7. The average Bonchev–Trinajstić information content (AvgIpc) is 2.43. The predicted molar refractivity (Wildman–Crippen MR) is 82.4 cm³/mol. The summed E-state index contributed by atoms with van der Waals surface area (Å²) in [6.45, 7) is 7.23. The molecule has 1 aromatic carbocycles. The molecule has 0 saturated carbocycles. The Kier molecular flexibility index (Phi) is 8.92. The molecule has 4 heteroatoms. The van der Waals surface area contributed by atoms with Gasteiger partial charge in [-0.3, -0.25) is 4.79 Å².